The van der Waals surface area contributed by atoms with Gasteiger partial charge in [0.25, 0.3) is 5.91 Å². The van der Waals surface area contributed by atoms with Crippen molar-refractivity contribution in [2.24, 2.45) is 0 Å². The van der Waals surface area contributed by atoms with Gasteiger partial charge in [-0.15, -0.1) is 0 Å². The van der Waals surface area contributed by atoms with Gasteiger partial charge in [0.1, 0.15) is 0 Å². The number of hydrogen-bond donors (Lipinski definition) is 0. The van der Waals surface area contributed by atoms with Crippen LogP contribution in [0.5, 0.6) is 0 Å². The lowest BCUT2D eigenvalue weighted by atomic mass is 10.1. The lowest BCUT2D eigenvalue weighted by molar-refractivity contribution is -0.137. The molecule has 0 saturated carbocycles. The third-order valence-electron chi connectivity index (χ3n) is 4.89. The maximum absolute atomic E-state index is 13.1. The van der Waals surface area contributed by atoms with Crippen molar-refractivity contribution in [3.63, 3.8) is 0 Å². The molecule has 0 radical (unpaired) electrons. The van der Waals surface area contributed by atoms with Gasteiger partial charge in [0.05, 0.1) is 15.5 Å². The highest BCUT2D eigenvalue weighted by Crippen LogP contribution is 2.36. The third kappa shape index (κ3) is 5.36. The Kier molecular flexibility index (Phi) is 7.25. The van der Waals surface area contributed by atoms with Crippen molar-refractivity contribution in [1.29, 1.82) is 0 Å². The molecule has 2 aromatic carbocycles. The highest BCUT2D eigenvalue weighted by molar-refractivity contribution is 7.97. The van der Waals surface area contributed by atoms with E-state index in [2.05, 4.69) is 0 Å². The van der Waals surface area contributed by atoms with Crippen LogP contribution in [0.2, 0.25) is 5.02 Å². The molecule has 1 fully saturated rings. The molecule has 1 amide bonds. The van der Waals surface area contributed by atoms with Gasteiger partial charge in [0.15, 0.2) is 0 Å². The Bertz CT molecular complexity index is 1070. The zero-order valence-corrected chi connectivity index (χ0v) is 18.9. The summed E-state index contributed by atoms with van der Waals surface area (Å²) in [6, 6.07) is 9.79. The molecule has 5 nitrogen and oxygen atoms in total. The topological polar surface area (TPSA) is 57.7 Å². The summed E-state index contributed by atoms with van der Waals surface area (Å²) < 4.78 is 66.1. The Morgan fingerprint density at radius 2 is 1.77 bits per heavy atom. The van der Waals surface area contributed by atoms with Crippen LogP contribution in [-0.4, -0.2) is 56.0 Å². The van der Waals surface area contributed by atoms with E-state index in [9.17, 15) is 26.4 Å². The smallest absolute Gasteiger partial charge is 0.336 e. The van der Waals surface area contributed by atoms with Gasteiger partial charge >= 0.3 is 6.18 Å². The first-order valence-corrected chi connectivity index (χ1v) is 12.5. The minimum absolute atomic E-state index is 0.0114. The Morgan fingerprint density at radius 3 is 2.39 bits per heavy atom. The molecule has 1 aliphatic rings. The highest BCUT2D eigenvalue weighted by atomic mass is 35.5. The highest BCUT2D eigenvalue weighted by Gasteiger charge is 2.36. The molecule has 1 saturated heterocycles. The van der Waals surface area contributed by atoms with E-state index >= 15 is 0 Å². The van der Waals surface area contributed by atoms with E-state index in [0.29, 0.717) is 11.6 Å². The van der Waals surface area contributed by atoms with E-state index in [4.69, 9.17) is 11.6 Å². The number of alkyl halides is 3. The first-order chi connectivity index (χ1) is 14.5. The Balaban J connectivity index is 1.73. The second kappa shape index (κ2) is 9.40. The molecule has 0 aromatic heterocycles. The van der Waals surface area contributed by atoms with Gasteiger partial charge in [0, 0.05) is 37.5 Å². The van der Waals surface area contributed by atoms with E-state index in [-0.39, 0.29) is 32.1 Å². The predicted molar refractivity (Wildman–Crippen MR) is 115 cm³/mol. The summed E-state index contributed by atoms with van der Waals surface area (Å²) in [6.45, 7) is 0.264. The molecule has 0 atom stereocenters. The van der Waals surface area contributed by atoms with Crippen LogP contribution in [0.3, 0.4) is 0 Å². The second-order valence-electron chi connectivity index (χ2n) is 6.97. The van der Waals surface area contributed by atoms with Crippen LogP contribution in [-0.2, 0) is 22.0 Å². The maximum atomic E-state index is 13.1. The van der Waals surface area contributed by atoms with Crippen molar-refractivity contribution >= 4 is 39.3 Å². The number of halogens is 4. The number of rotatable bonds is 5. The van der Waals surface area contributed by atoms with Crippen molar-refractivity contribution in [2.75, 3.05) is 32.4 Å². The molecule has 0 spiro atoms. The molecule has 31 heavy (non-hydrogen) atoms. The summed E-state index contributed by atoms with van der Waals surface area (Å²) in [5.41, 5.74) is 0.340. The van der Waals surface area contributed by atoms with Gasteiger partial charge in [-0.2, -0.15) is 29.2 Å². The first-order valence-electron chi connectivity index (χ1n) is 9.28. The van der Waals surface area contributed by atoms with Crippen molar-refractivity contribution in [2.45, 2.75) is 16.8 Å². The zero-order chi connectivity index (χ0) is 22.8. The van der Waals surface area contributed by atoms with Crippen LogP contribution in [0.15, 0.2) is 47.4 Å². The van der Waals surface area contributed by atoms with Crippen molar-refractivity contribution in [3.8, 4) is 0 Å². The van der Waals surface area contributed by atoms with Crippen LogP contribution >= 0.6 is 23.4 Å². The van der Waals surface area contributed by atoms with Gasteiger partial charge in [-0.1, -0.05) is 23.7 Å². The lowest BCUT2D eigenvalue weighted by Gasteiger charge is -2.34. The fraction of sp³-hybridized carbons (Fsp3) is 0.350. The summed E-state index contributed by atoms with van der Waals surface area (Å²) in [5.74, 6) is 0.569. The summed E-state index contributed by atoms with van der Waals surface area (Å²) >= 11 is 7.22. The monoisotopic (exact) mass is 492 g/mol. The normalized spacial score (nSPS) is 15.8. The van der Waals surface area contributed by atoms with Crippen LogP contribution in [0.25, 0.3) is 0 Å². The van der Waals surface area contributed by atoms with Gasteiger partial charge < -0.3 is 4.90 Å². The fourth-order valence-electron chi connectivity index (χ4n) is 3.31. The lowest BCUT2D eigenvalue weighted by Crippen LogP contribution is -2.50. The van der Waals surface area contributed by atoms with E-state index in [0.717, 1.165) is 27.8 Å². The molecule has 1 heterocycles. The van der Waals surface area contributed by atoms with Gasteiger partial charge in [-0.25, -0.2) is 8.42 Å². The minimum Gasteiger partial charge on any atom is -0.336 e. The zero-order valence-electron chi connectivity index (χ0n) is 16.5. The molecule has 0 unspecified atom stereocenters. The molecular weight excluding hydrogens is 473 g/mol. The number of nitrogens with zero attached hydrogens (tertiary/aromatic N) is 2. The number of piperazine rings is 1. The van der Waals surface area contributed by atoms with Gasteiger partial charge in [-0.05, 0) is 42.2 Å². The van der Waals surface area contributed by atoms with Crippen LogP contribution in [0, 0.1) is 0 Å². The molecule has 0 aliphatic carbocycles. The largest absolute Gasteiger partial charge is 0.417 e. The van der Waals surface area contributed by atoms with Gasteiger partial charge in [0.2, 0.25) is 10.0 Å². The molecular formula is C20H20ClF3N2O3S2. The standard InChI is InChI=1S/C20H20ClF3N2O3S2/c1-30-13-14-3-2-4-15(11-14)19(27)25-7-9-26(10-8-25)31(28,29)16-5-6-18(21)17(12-16)20(22,23)24/h2-6,11-12H,7-10,13H2,1H3. The summed E-state index contributed by atoms with van der Waals surface area (Å²) in [6.07, 6.45) is -2.80. The Morgan fingerprint density at radius 1 is 1.10 bits per heavy atom. The third-order valence-corrected chi connectivity index (χ3v) is 7.74. The molecule has 1 aliphatic heterocycles. The first kappa shape index (κ1) is 23.9. The molecule has 0 bridgehead atoms. The number of amides is 1. The maximum Gasteiger partial charge on any atom is 0.417 e. The number of carbonyl (C=O) groups excluding carboxylic acids is 1. The Hall–Kier alpha value is -1.75. The van der Waals surface area contributed by atoms with Crippen molar-refractivity contribution in [3.05, 3.63) is 64.2 Å². The number of thioether (sulfide) groups is 1. The SMILES string of the molecule is CSCc1cccc(C(=O)N2CCN(S(=O)(=O)c3ccc(Cl)c(C(F)(F)F)c3)CC2)c1. The summed E-state index contributed by atoms with van der Waals surface area (Å²) in [7, 11) is -4.16. The fourth-order valence-corrected chi connectivity index (χ4v) is 5.49. The van der Waals surface area contributed by atoms with Crippen molar-refractivity contribution < 1.29 is 26.4 Å². The molecule has 168 valence electrons. The van der Waals surface area contributed by atoms with Gasteiger partial charge in [-0.3, -0.25) is 4.79 Å². The van der Waals surface area contributed by atoms with E-state index in [1.54, 1.807) is 28.8 Å². The quantitative estimate of drug-likeness (QED) is 0.622. The van der Waals surface area contributed by atoms with E-state index in [1.807, 2.05) is 18.4 Å². The number of sulfonamides is 1. The van der Waals surface area contributed by atoms with Crippen LogP contribution in [0.1, 0.15) is 21.5 Å². The van der Waals surface area contributed by atoms with Crippen molar-refractivity contribution in [1.82, 2.24) is 9.21 Å². The number of benzene rings is 2. The second-order valence-corrected chi connectivity index (χ2v) is 10.2. The average Bonchev–Trinajstić information content (AvgIpc) is 2.73. The molecule has 0 N–H and O–H groups in total. The molecule has 3 rings (SSSR count). The predicted octanol–water partition coefficient (Wildman–Crippen LogP) is 4.37. The van der Waals surface area contributed by atoms with Crippen LogP contribution < -0.4 is 0 Å². The molecule has 2 aromatic rings. The summed E-state index contributed by atoms with van der Waals surface area (Å²) in [5, 5.41) is -0.564. The molecule has 11 heteroatoms. The van der Waals surface area contributed by atoms with E-state index < -0.39 is 31.7 Å². The summed E-state index contributed by atoms with van der Waals surface area (Å²) in [4.78, 5) is 13.9. The number of hydrogen-bond acceptors (Lipinski definition) is 4. The van der Waals surface area contributed by atoms with Crippen LogP contribution in [0.4, 0.5) is 13.2 Å². The number of carbonyl (C=O) groups is 1. The average molecular weight is 493 g/mol. The Labute approximate surface area is 188 Å². The van der Waals surface area contributed by atoms with E-state index in [1.165, 1.54) is 0 Å². The minimum atomic E-state index is -4.77.